The van der Waals surface area contributed by atoms with E-state index in [1.165, 1.54) is 0 Å². The van der Waals surface area contributed by atoms with E-state index in [2.05, 4.69) is 19.6 Å². The summed E-state index contributed by atoms with van der Waals surface area (Å²) in [5, 5.41) is 0. The molecule has 0 saturated carbocycles. The van der Waals surface area contributed by atoms with Crippen LogP contribution in [0.2, 0.25) is 0 Å². The zero-order valence-corrected chi connectivity index (χ0v) is 7.09. The van der Waals surface area contributed by atoms with E-state index in [-0.39, 0.29) is 0 Å². The molecule has 0 aliphatic rings. The fourth-order valence-corrected chi connectivity index (χ4v) is 1.55. The lowest BCUT2D eigenvalue weighted by Crippen LogP contribution is -2.07. The van der Waals surface area contributed by atoms with Crippen LogP contribution in [0, 0.1) is 0 Å². The minimum atomic E-state index is -2.85. The molecule has 3 nitrogen and oxygen atoms in total. The summed E-state index contributed by atoms with van der Waals surface area (Å²) < 4.78 is 19.9. The van der Waals surface area contributed by atoms with Gasteiger partial charge in [0.25, 0.3) is 9.05 Å². The lowest BCUT2D eigenvalue weighted by Gasteiger charge is -2.02. The van der Waals surface area contributed by atoms with Gasteiger partial charge in [0.15, 0.2) is 0 Å². The molecule has 0 aliphatic heterocycles. The fraction of sp³-hybridized carbons (Fsp3) is 1.00. The minimum Gasteiger partial charge on any atom is -0.270 e. The lowest BCUT2D eigenvalue weighted by atomic mass is 10.9. The summed E-state index contributed by atoms with van der Waals surface area (Å²) in [6.45, 7) is 4.07. The maximum absolute atomic E-state index is 10.8. The summed E-state index contributed by atoms with van der Waals surface area (Å²) in [6.07, 6.45) is 0. The molecule has 0 N–H and O–H groups in total. The Kier molecular flexibility index (Phi) is 4.29. The summed E-state index contributed by atoms with van der Waals surface area (Å²) >= 11 is 4.42. The first kappa shape index (κ1) is 9.29. The monoisotopic (exact) mass is 170 g/mol. The molecule has 56 valence electrons. The van der Waals surface area contributed by atoms with Gasteiger partial charge in [-0.3, -0.25) is 8.37 Å². The second-order valence-corrected chi connectivity index (χ2v) is 3.73. The minimum absolute atomic E-state index is 0.322. The quantitative estimate of drug-likeness (QED) is 0.620. The fourth-order valence-electron chi connectivity index (χ4n) is 0.323. The Morgan fingerprint density at radius 3 is 1.89 bits per heavy atom. The molecular weight excluding hydrogens is 160 g/mol. The SMILES string of the molecule is CCOS(=O)(=S)OCC. The van der Waals surface area contributed by atoms with Crippen LogP contribution in [0.4, 0.5) is 0 Å². The maximum atomic E-state index is 10.8. The van der Waals surface area contributed by atoms with E-state index in [0.29, 0.717) is 13.2 Å². The molecule has 0 aromatic carbocycles. The van der Waals surface area contributed by atoms with E-state index in [4.69, 9.17) is 0 Å². The van der Waals surface area contributed by atoms with Gasteiger partial charge < -0.3 is 0 Å². The van der Waals surface area contributed by atoms with Crippen molar-refractivity contribution in [3.05, 3.63) is 0 Å². The first-order valence-electron chi connectivity index (χ1n) is 2.66. The first-order valence-corrected chi connectivity index (χ1v) is 4.99. The van der Waals surface area contributed by atoms with Crippen molar-refractivity contribution in [3.8, 4) is 0 Å². The average molecular weight is 170 g/mol. The van der Waals surface area contributed by atoms with E-state index < -0.39 is 9.05 Å². The number of hydrogen-bond acceptors (Lipinski definition) is 4. The maximum Gasteiger partial charge on any atom is 0.269 e. The van der Waals surface area contributed by atoms with Crippen LogP contribution in [0.3, 0.4) is 0 Å². The van der Waals surface area contributed by atoms with Crippen LogP contribution in [-0.2, 0) is 28.6 Å². The van der Waals surface area contributed by atoms with Crippen molar-refractivity contribution < 1.29 is 12.6 Å². The van der Waals surface area contributed by atoms with Gasteiger partial charge in [-0.25, -0.2) is 0 Å². The van der Waals surface area contributed by atoms with Crippen LogP contribution in [0.1, 0.15) is 13.8 Å². The molecule has 5 heteroatoms. The third-order valence-corrected chi connectivity index (χ3v) is 2.15. The first-order chi connectivity index (χ1) is 4.12. The van der Waals surface area contributed by atoms with Crippen LogP contribution >= 0.6 is 0 Å². The van der Waals surface area contributed by atoms with E-state index in [1.54, 1.807) is 13.8 Å². The third kappa shape index (κ3) is 4.77. The Balaban J connectivity index is 3.73. The van der Waals surface area contributed by atoms with Gasteiger partial charge in [0.2, 0.25) is 0 Å². The Bertz CT molecular complexity index is 137. The predicted octanol–water partition coefficient (Wildman–Crippen LogP) is 0.636. The zero-order chi connectivity index (χ0) is 7.33. The van der Waals surface area contributed by atoms with Crippen LogP contribution in [-0.4, -0.2) is 17.4 Å². The van der Waals surface area contributed by atoms with Crippen LogP contribution in [0.5, 0.6) is 0 Å². The summed E-state index contributed by atoms with van der Waals surface area (Å²) in [5.41, 5.74) is 0. The van der Waals surface area contributed by atoms with Crippen molar-refractivity contribution in [3.63, 3.8) is 0 Å². The topological polar surface area (TPSA) is 35.5 Å². The highest BCUT2D eigenvalue weighted by Crippen LogP contribution is 1.94. The van der Waals surface area contributed by atoms with Gasteiger partial charge in [-0.15, -0.1) is 0 Å². The predicted molar refractivity (Wildman–Crippen MR) is 38.8 cm³/mol. The average Bonchev–Trinajstić information content (AvgIpc) is 1.64. The molecule has 0 rings (SSSR count). The molecule has 0 bridgehead atoms. The molecule has 0 saturated heterocycles. The van der Waals surface area contributed by atoms with Gasteiger partial charge in [0.1, 0.15) is 0 Å². The normalized spacial score (nSPS) is 11.8. The van der Waals surface area contributed by atoms with Gasteiger partial charge in [0, 0.05) is 11.2 Å². The third-order valence-electron chi connectivity index (χ3n) is 0.524. The van der Waals surface area contributed by atoms with Crippen LogP contribution < -0.4 is 0 Å². The summed E-state index contributed by atoms with van der Waals surface area (Å²) in [4.78, 5) is 0. The lowest BCUT2D eigenvalue weighted by molar-refractivity contribution is 0.266. The van der Waals surface area contributed by atoms with Gasteiger partial charge in [-0.1, -0.05) is 0 Å². The second kappa shape index (κ2) is 4.16. The molecule has 0 aliphatic carbocycles. The molecule has 9 heavy (non-hydrogen) atoms. The van der Waals surface area contributed by atoms with Crippen molar-refractivity contribution >= 4 is 20.2 Å². The second-order valence-electron chi connectivity index (χ2n) is 1.22. The zero-order valence-electron chi connectivity index (χ0n) is 5.46. The molecule has 0 aromatic heterocycles. The van der Waals surface area contributed by atoms with E-state index in [9.17, 15) is 4.21 Å². The largest absolute Gasteiger partial charge is 0.270 e. The Morgan fingerprint density at radius 2 is 1.67 bits per heavy atom. The van der Waals surface area contributed by atoms with Crippen molar-refractivity contribution in [1.29, 1.82) is 0 Å². The van der Waals surface area contributed by atoms with Crippen LogP contribution in [0.15, 0.2) is 0 Å². The number of hydrogen-bond donors (Lipinski definition) is 0. The molecule has 0 aromatic rings. The molecule has 0 heterocycles. The van der Waals surface area contributed by atoms with E-state index in [0.717, 1.165) is 0 Å². The number of rotatable bonds is 4. The van der Waals surface area contributed by atoms with Gasteiger partial charge in [0.05, 0.1) is 13.2 Å². The standard InChI is InChI=1S/C4H10O3S2/c1-3-6-9(5,8)7-4-2/h3-4H2,1-2H3. The molecular formula is C4H10O3S2. The summed E-state index contributed by atoms with van der Waals surface area (Å²) in [7, 11) is -2.85. The van der Waals surface area contributed by atoms with Crippen molar-refractivity contribution in [2.75, 3.05) is 13.2 Å². The smallest absolute Gasteiger partial charge is 0.269 e. The van der Waals surface area contributed by atoms with Crippen LogP contribution in [0.25, 0.3) is 0 Å². The van der Waals surface area contributed by atoms with E-state index >= 15 is 0 Å². The van der Waals surface area contributed by atoms with Gasteiger partial charge >= 0.3 is 0 Å². The highest BCUT2D eigenvalue weighted by atomic mass is 32.9. The van der Waals surface area contributed by atoms with Gasteiger partial charge in [-0.05, 0) is 13.8 Å². The summed E-state index contributed by atoms with van der Waals surface area (Å²) in [6, 6.07) is 0. The summed E-state index contributed by atoms with van der Waals surface area (Å²) in [5.74, 6) is 0. The van der Waals surface area contributed by atoms with Gasteiger partial charge in [-0.2, -0.15) is 4.21 Å². The molecule has 0 amide bonds. The highest BCUT2D eigenvalue weighted by molar-refractivity contribution is 8.27. The van der Waals surface area contributed by atoms with Crippen molar-refractivity contribution in [2.24, 2.45) is 0 Å². The Hall–Kier alpha value is 0.290. The van der Waals surface area contributed by atoms with Crippen molar-refractivity contribution in [1.82, 2.24) is 0 Å². The Labute approximate surface area is 60.4 Å². The van der Waals surface area contributed by atoms with Crippen molar-refractivity contribution in [2.45, 2.75) is 13.8 Å². The molecule has 0 fully saturated rings. The van der Waals surface area contributed by atoms with E-state index in [1.807, 2.05) is 0 Å². The Morgan fingerprint density at radius 1 is 1.33 bits per heavy atom. The molecule has 0 unspecified atom stereocenters. The highest BCUT2D eigenvalue weighted by Gasteiger charge is 2.01. The molecule has 0 spiro atoms. The molecule has 0 atom stereocenters. The molecule has 0 radical (unpaired) electrons.